The standard InChI is InChI=1S/C19H20ClFN2O/c20-17-7-3-6-15(18(17)21)14-4-1-2-5-16(14)19(24)23-12-13-8-10-22-11-9-13/h1-7,13,22H,8-12H2,(H,23,24). The predicted molar refractivity (Wildman–Crippen MR) is 94.8 cm³/mol. The molecule has 24 heavy (non-hydrogen) atoms. The molecule has 1 fully saturated rings. The minimum absolute atomic E-state index is 0.0532. The van der Waals surface area contributed by atoms with Crippen LogP contribution < -0.4 is 10.6 Å². The Morgan fingerprint density at radius 1 is 1.12 bits per heavy atom. The molecule has 0 aromatic heterocycles. The SMILES string of the molecule is O=C(NCC1CCNCC1)c1ccccc1-c1cccc(Cl)c1F. The Morgan fingerprint density at radius 2 is 1.83 bits per heavy atom. The highest BCUT2D eigenvalue weighted by atomic mass is 35.5. The zero-order chi connectivity index (χ0) is 16.9. The normalized spacial score (nSPS) is 15.2. The largest absolute Gasteiger partial charge is 0.352 e. The second-order valence-corrected chi connectivity index (χ2v) is 6.46. The number of carbonyl (C=O) groups is 1. The van der Waals surface area contributed by atoms with Crippen LogP contribution in [0.25, 0.3) is 11.1 Å². The van der Waals surface area contributed by atoms with Crippen molar-refractivity contribution >= 4 is 17.5 Å². The smallest absolute Gasteiger partial charge is 0.251 e. The molecule has 1 heterocycles. The number of halogens is 2. The molecule has 2 aromatic carbocycles. The molecule has 1 saturated heterocycles. The molecule has 0 saturated carbocycles. The lowest BCUT2D eigenvalue weighted by Gasteiger charge is -2.23. The maximum Gasteiger partial charge on any atom is 0.251 e. The maximum atomic E-state index is 14.3. The van der Waals surface area contributed by atoms with E-state index in [0.29, 0.717) is 29.2 Å². The van der Waals surface area contributed by atoms with Crippen molar-refractivity contribution in [2.75, 3.05) is 19.6 Å². The van der Waals surface area contributed by atoms with E-state index in [0.717, 1.165) is 25.9 Å². The van der Waals surface area contributed by atoms with Gasteiger partial charge in [0.2, 0.25) is 0 Å². The van der Waals surface area contributed by atoms with Crippen LogP contribution in [0.15, 0.2) is 42.5 Å². The molecular weight excluding hydrogens is 327 g/mol. The van der Waals surface area contributed by atoms with E-state index >= 15 is 0 Å². The van der Waals surface area contributed by atoms with Crippen LogP contribution in [0.2, 0.25) is 5.02 Å². The van der Waals surface area contributed by atoms with Gasteiger partial charge in [0.05, 0.1) is 5.02 Å². The number of hydrogen-bond acceptors (Lipinski definition) is 2. The molecule has 0 atom stereocenters. The van der Waals surface area contributed by atoms with Crippen LogP contribution in [-0.2, 0) is 0 Å². The summed E-state index contributed by atoms with van der Waals surface area (Å²) in [6.45, 7) is 2.63. The minimum atomic E-state index is -0.502. The average molecular weight is 347 g/mol. The molecule has 2 N–H and O–H groups in total. The van der Waals surface area contributed by atoms with Gasteiger partial charge in [0.1, 0.15) is 5.82 Å². The Morgan fingerprint density at radius 3 is 2.62 bits per heavy atom. The van der Waals surface area contributed by atoms with Crippen LogP contribution in [0.5, 0.6) is 0 Å². The Labute approximate surface area is 146 Å². The first-order chi connectivity index (χ1) is 11.7. The molecule has 2 aromatic rings. The van der Waals surface area contributed by atoms with Crippen molar-refractivity contribution in [3.63, 3.8) is 0 Å². The molecular formula is C19H20ClFN2O. The van der Waals surface area contributed by atoms with Crippen molar-refractivity contribution in [2.24, 2.45) is 5.92 Å². The van der Waals surface area contributed by atoms with Crippen molar-refractivity contribution in [1.82, 2.24) is 10.6 Å². The lowest BCUT2D eigenvalue weighted by Crippen LogP contribution is -2.36. The highest BCUT2D eigenvalue weighted by Crippen LogP contribution is 2.30. The molecule has 1 aliphatic heterocycles. The number of amides is 1. The minimum Gasteiger partial charge on any atom is -0.352 e. The number of nitrogens with one attached hydrogen (secondary N) is 2. The Balaban J connectivity index is 1.80. The van der Waals surface area contributed by atoms with Gasteiger partial charge in [-0.25, -0.2) is 4.39 Å². The summed E-state index contributed by atoms with van der Waals surface area (Å²) in [7, 11) is 0. The lowest BCUT2D eigenvalue weighted by atomic mass is 9.96. The van der Waals surface area contributed by atoms with Crippen molar-refractivity contribution in [1.29, 1.82) is 0 Å². The number of piperidine rings is 1. The Bertz CT molecular complexity index is 729. The van der Waals surface area contributed by atoms with E-state index in [1.54, 1.807) is 36.4 Å². The van der Waals surface area contributed by atoms with E-state index in [-0.39, 0.29) is 10.9 Å². The maximum absolute atomic E-state index is 14.3. The molecule has 1 amide bonds. The summed E-state index contributed by atoms with van der Waals surface area (Å²) in [5, 5.41) is 6.35. The molecule has 0 radical (unpaired) electrons. The van der Waals surface area contributed by atoms with E-state index in [9.17, 15) is 9.18 Å². The van der Waals surface area contributed by atoms with Gasteiger partial charge in [-0.1, -0.05) is 41.9 Å². The van der Waals surface area contributed by atoms with E-state index in [1.807, 2.05) is 0 Å². The van der Waals surface area contributed by atoms with Gasteiger partial charge >= 0.3 is 0 Å². The average Bonchev–Trinajstić information content (AvgIpc) is 2.63. The summed E-state index contributed by atoms with van der Waals surface area (Å²) in [6.07, 6.45) is 2.12. The molecule has 0 bridgehead atoms. The molecule has 3 rings (SSSR count). The number of hydrogen-bond donors (Lipinski definition) is 2. The first-order valence-electron chi connectivity index (χ1n) is 8.19. The van der Waals surface area contributed by atoms with Crippen molar-refractivity contribution < 1.29 is 9.18 Å². The van der Waals surface area contributed by atoms with Crippen LogP contribution in [0.4, 0.5) is 4.39 Å². The van der Waals surface area contributed by atoms with Gasteiger partial charge in [0.15, 0.2) is 0 Å². The molecule has 0 spiro atoms. The monoisotopic (exact) mass is 346 g/mol. The van der Waals surface area contributed by atoms with Crippen LogP contribution in [0, 0.1) is 11.7 Å². The fourth-order valence-corrected chi connectivity index (χ4v) is 3.22. The molecule has 1 aliphatic rings. The van der Waals surface area contributed by atoms with E-state index in [2.05, 4.69) is 10.6 Å². The predicted octanol–water partition coefficient (Wildman–Crippen LogP) is 3.88. The molecule has 5 heteroatoms. The van der Waals surface area contributed by atoms with Gasteiger partial charge in [-0.15, -0.1) is 0 Å². The highest BCUT2D eigenvalue weighted by Gasteiger charge is 2.18. The van der Waals surface area contributed by atoms with Crippen molar-refractivity contribution in [3.8, 4) is 11.1 Å². The van der Waals surface area contributed by atoms with Gasteiger partial charge in [0.25, 0.3) is 5.91 Å². The topological polar surface area (TPSA) is 41.1 Å². The van der Waals surface area contributed by atoms with Crippen LogP contribution >= 0.6 is 11.6 Å². The van der Waals surface area contributed by atoms with Gasteiger partial charge in [-0.3, -0.25) is 4.79 Å². The quantitative estimate of drug-likeness (QED) is 0.882. The third-order valence-electron chi connectivity index (χ3n) is 4.42. The number of rotatable bonds is 4. The first-order valence-corrected chi connectivity index (χ1v) is 8.57. The third kappa shape index (κ3) is 3.77. The van der Waals surface area contributed by atoms with Gasteiger partial charge in [-0.2, -0.15) is 0 Å². The Hall–Kier alpha value is -1.91. The van der Waals surface area contributed by atoms with Crippen molar-refractivity contribution in [3.05, 3.63) is 58.9 Å². The fourth-order valence-electron chi connectivity index (χ4n) is 3.05. The van der Waals surface area contributed by atoms with Crippen LogP contribution in [0.1, 0.15) is 23.2 Å². The van der Waals surface area contributed by atoms with Crippen LogP contribution in [0.3, 0.4) is 0 Å². The number of benzene rings is 2. The second-order valence-electron chi connectivity index (χ2n) is 6.05. The summed E-state index contributed by atoms with van der Waals surface area (Å²) in [4.78, 5) is 12.6. The molecule has 0 unspecified atom stereocenters. The zero-order valence-corrected chi connectivity index (χ0v) is 14.1. The van der Waals surface area contributed by atoms with Crippen LogP contribution in [-0.4, -0.2) is 25.5 Å². The van der Waals surface area contributed by atoms with Gasteiger partial charge in [-0.05, 0) is 49.5 Å². The zero-order valence-electron chi connectivity index (χ0n) is 13.3. The summed E-state index contributed by atoms with van der Waals surface area (Å²) in [5.74, 6) is -0.188. The van der Waals surface area contributed by atoms with Crippen molar-refractivity contribution in [2.45, 2.75) is 12.8 Å². The summed E-state index contributed by atoms with van der Waals surface area (Å²) in [5.41, 5.74) is 1.36. The number of carbonyl (C=O) groups excluding carboxylic acids is 1. The summed E-state index contributed by atoms with van der Waals surface area (Å²) >= 11 is 5.88. The molecule has 3 nitrogen and oxygen atoms in total. The van der Waals surface area contributed by atoms with E-state index in [1.165, 1.54) is 6.07 Å². The lowest BCUT2D eigenvalue weighted by molar-refractivity contribution is 0.0945. The molecule has 126 valence electrons. The van der Waals surface area contributed by atoms with Gasteiger partial charge < -0.3 is 10.6 Å². The summed E-state index contributed by atoms with van der Waals surface area (Å²) in [6, 6.07) is 11.9. The van der Waals surface area contributed by atoms with E-state index in [4.69, 9.17) is 11.6 Å². The highest BCUT2D eigenvalue weighted by molar-refractivity contribution is 6.31. The molecule has 0 aliphatic carbocycles. The third-order valence-corrected chi connectivity index (χ3v) is 4.72. The first kappa shape index (κ1) is 16.9. The summed E-state index contributed by atoms with van der Waals surface area (Å²) < 4.78 is 14.3. The van der Waals surface area contributed by atoms with E-state index < -0.39 is 5.82 Å². The van der Waals surface area contributed by atoms with Gasteiger partial charge in [0, 0.05) is 17.7 Å². The second kappa shape index (κ2) is 7.77. The fraction of sp³-hybridized carbons (Fsp3) is 0.316. The Kier molecular flexibility index (Phi) is 5.48.